The van der Waals surface area contributed by atoms with E-state index in [9.17, 15) is 9.59 Å². The highest BCUT2D eigenvalue weighted by Gasteiger charge is 2.42. The molecular formula is C27H26N2O3. The average molecular weight is 427 g/mol. The van der Waals surface area contributed by atoms with Crippen molar-refractivity contribution in [2.75, 3.05) is 18.1 Å². The van der Waals surface area contributed by atoms with E-state index in [-0.39, 0.29) is 11.8 Å². The summed E-state index contributed by atoms with van der Waals surface area (Å²) >= 11 is 0. The standard InChI is InChI=1S/C27H26N2O3/c1-3-28(19-20-12-7-5-8-13-20)25-24(21-14-9-6-10-15-21)26(30)29(27(25)31)22-16-11-17-23(18-22)32-4-2/h5-18H,3-4,19H2,1-2H3. The van der Waals surface area contributed by atoms with Gasteiger partial charge in [0.2, 0.25) is 0 Å². The van der Waals surface area contributed by atoms with Crippen molar-refractivity contribution in [1.82, 2.24) is 4.90 Å². The van der Waals surface area contributed by atoms with Gasteiger partial charge in [0.25, 0.3) is 11.8 Å². The molecule has 0 fully saturated rings. The molecule has 3 aromatic carbocycles. The Morgan fingerprint density at radius 3 is 2.16 bits per heavy atom. The summed E-state index contributed by atoms with van der Waals surface area (Å²) in [6, 6.07) is 26.5. The molecule has 0 atom stereocenters. The van der Waals surface area contributed by atoms with Crippen LogP contribution < -0.4 is 9.64 Å². The molecule has 1 aliphatic rings. The van der Waals surface area contributed by atoms with Crippen LogP contribution in [-0.2, 0) is 16.1 Å². The molecule has 4 rings (SSSR count). The fraction of sp³-hybridized carbons (Fsp3) is 0.185. The maximum Gasteiger partial charge on any atom is 0.282 e. The lowest BCUT2D eigenvalue weighted by molar-refractivity contribution is -0.120. The third-order valence-electron chi connectivity index (χ3n) is 5.42. The van der Waals surface area contributed by atoms with Crippen LogP contribution >= 0.6 is 0 Å². The highest BCUT2D eigenvalue weighted by Crippen LogP contribution is 2.36. The number of nitrogens with zero attached hydrogens (tertiary/aromatic N) is 2. The number of carbonyl (C=O) groups is 2. The average Bonchev–Trinajstić information content (AvgIpc) is 3.09. The second-order valence-corrected chi connectivity index (χ2v) is 7.47. The van der Waals surface area contributed by atoms with E-state index < -0.39 is 0 Å². The molecule has 0 spiro atoms. The van der Waals surface area contributed by atoms with Gasteiger partial charge in [0.05, 0.1) is 17.9 Å². The number of ether oxygens (including phenoxy) is 1. The van der Waals surface area contributed by atoms with Crippen molar-refractivity contribution >= 4 is 23.1 Å². The summed E-state index contributed by atoms with van der Waals surface area (Å²) in [6.07, 6.45) is 0. The largest absolute Gasteiger partial charge is 0.494 e. The van der Waals surface area contributed by atoms with Crippen LogP contribution in [0.4, 0.5) is 5.69 Å². The summed E-state index contributed by atoms with van der Waals surface area (Å²) in [7, 11) is 0. The third kappa shape index (κ3) is 4.14. The Hall–Kier alpha value is -3.86. The van der Waals surface area contributed by atoms with Crippen LogP contribution in [0.2, 0.25) is 0 Å². The first kappa shape index (κ1) is 21.4. The molecule has 162 valence electrons. The van der Waals surface area contributed by atoms with E-state index in [4.69, 9.17) is 4.74 Å². The number of rotatable bonds is 8. The number of amides is 2. The minimum Gasteiger partial charge on any atom is -0.494 e. The molecule has 0 aromatic heterocycles. The van der Waals surface area contributed by atoms with E-state index in [1.165, 1.54) is 4.90 Å². The zero-order chi connectivity index (χ0) is 22.5. The van der Waals surface area contributed by atoms with Crippen LogP contribution in [0.1, 0.15) is 25.0 Å². The van der Waals surface area contributed by atoms with Gasteiger partial charge >= 0.3 is 0 Å². The van der Waals surface area contributed by atoms with E-state index in [0.717, 1.165) is 11.1 Å². The van der Waals surface area contributed by atoms with E-state index in [1.54, 1.807) is 18.2 Å². The Bertz CT molecular complexity index is 1140. The molecule has 1 heterocycles. The maximum absolute atomic E-state index is 13.7. The number of carbonyl (C=O) groups excluding carboxylic acids is 2. The first-order chi connectivity index (χ1) is 15.6. The smallest absolute Gasteiger partial charge is 0.282 e. The number of benzene rings is 3. The van der Waals surface area contributed by atoms with Gasteiger partial charge in [-0.15, -0.1) is 0 Å². The lowest BCUT2D eigenvalue weighted by Gasteiger charge is -2.25. The van der Waals surface area contributed by atoms with Gasteiger partial charge in [-0.05, 0) is 37.1 Å². The zero-order valence-electron chi connectivity index (χ0n) is 18.3. The molecular weight excluding hydrogens is 400 g/mol. The fourth-order valence-electron chi connectivity index (χ4n) is 3.94. The molecule has 3 aromatic rings. The number of anilines is 1. The van der Waals surface area contributed by atoms with Crippen LogP contribution in [-0.4, -0.2) is 29.9 Å². The van der Waals surface area contributed by atoms with Gasteiger partial charge in [-0.3, -0.25) is 9.59 Å². The lowest BCUT2D eigenvalue weighted by atomic mass is 10.0. The van der Waals surface area contributed by atoms with Crippen molar-refractivity contribution in [3.63, 3.8) is 0 Å². The van der Waals surface area contributed by atoms with Crippen LogP contribution in [0.3, 0.4) is 0 Å². The van der Waals surface area contributed by atoms with Crippen molar-refractivity contribution in [3.05, 3.63) is 102 Å². The van der Waals surface area contributed by atoms with Crippen LogP contribution in [0.5, 0.6) is 5.75 Å². The Morgan fingerprint density at radius 2 is 1.50 bits per heavy atom. The first-order valence-electron chi connectivity index (χ1n) is 10.8. The van der Waals surface area contributed by atoms with Crippen molar-refractivity contribution in [2.45, 2.75) is 20.4 Å². The highest BCUT2D eigenvalue weighted by atomic mass is 16.5. The summed E-state index contributed by atoms with van der Waals surface area (Å²) in [5.41, 5.74) is 3.16. The molecule has 2 amide bonds. The summed E-state index contributed by atoms with van der Waals surface area (Å²) in [5, 5.41) is 0. The second kappa shape index (κ2) is 9.52. The van der Waals surface area contributed by atoms with Gasteiger partial charge in [0.1, 0.15) is 11.4 Å². The van der Waals surface area contributed by atoms with E-state index >= 15 is 0 Å². The summed E-state index contributed by atoms with van der Waals surface area (Å²) in [6.45, 7) is 5.52. The SMILES string of the molecule is CCOc1cccc(N2C(=O)C(c3ccccc3)=C(N(CC)Cc3ccccc3)C2=O)c1. The molecule has 0 aliphatic carbocycles. The summed E-state index contributed by atoms with van der Waals surface area (Å²) in [5.74, 6) is -0.0198. The maximum atomic E-state index is 13.7. The van der Waals surface area contributed by atoms with Crippen molar-refractivity contribution in [3.8, 4) is 5.75 Å². The summed E-state index contributed by atoms with van der Waals surface area (Å²) in [4.78, 5) is 30.6. The predicted octanol–water partition coefficient (Wildman–Crippen LogP) is 4.89. The normalized spacial score (nSPS) is 13.6. The Labute approximate surface area is 188 Å². The molecule has 1 aliphatic heterocycles. The third-order valence-corrected chi connectivity index (χ3v) is 5.42. The van der Waals surface area contributed by atoms with Crippen LogP contribution in [0.25, 0.3) is 5.57 Å². The minimum atomic E-state index is -0.323. The Balaban J connectivity index is 1.80. The van der Waals surface area contributed by atoms with E-state index in [2.05, 4.69) is 0 Å². The fourth-order valence-corrected chi connectivity index (χ4v) is 3.94. The second-order valence-electron chi connectivity index (χ2n) is 7.47. The van der Waals surface area contributed by atoms with Gasteiger partial charge in [0, 0.05) is 19.2 Å². The van der Waals surface area contributed by atoms with Gasteiger partial charge in [-0.1, -0.05) is 66.7 Å². The number of imide groups is 1. The quantitative estimate of drug-likeness (QED) is 0.481. The predicted molar refractivity (Wildman–Crippen MR) is 126 cm³/mol. The Kier molecular flexibility index (Phi) is 6.36. The van der Waals surface area contributed by atoms with Crippen molar-refractivity contribution < 1.29 is 14.3 Å². The molecule has 0 unspecified atom stereocenters. The van der Waals surface area contributed by atoms with Crippen molar-refractivity contribution in [2.24, 2.45) is 0 Å². The topological polar surface area (TPSA) is 49.9 Å². The lowest BCUT2D eigenvalue weighted by Crippen LogP contribution is -2.35. The van der Waals surface area contributed by atoms with E-state index in [1.807, 2.05) is 85.5 Å². The molecule has 32 heavy (non-hydrogen) atoms. The van der Waals surface area contributed by atoms with Gasteiger partial charge < -0.3 is 9.64 Å². The van der Waals surface area contributed by atoms with Gasteiger partial charge in [0.15, 0.2) is 0 Å². The molecule has 5 nitrogen and oxygen atoms in total. The van der Waals surface area contributed by atoms with Gasteiger partial charge in [-0.25, -0.2) is 4.90 Å². The number of hydrogen-bond acceptors (Lipinski definition) is 4. The first-order valence-corrected chi connectivity index (χ1v) is 10.8. The minimum absolute atomic E-state index is 0.319. The van der Waals surface area contributed by atoms with Crippen LogP contribution in [0, 0.1) is 0 Å². The highest BCUT2D eigenvalue weighted by molar-refractivity contribution is 6.45. The van der Waals surface area contributed by atoms with Crippen molar-refractivity contribution in [1.29, 1.82) is 0 Å². The van der Waals surface area contributed by atoms with Gasteiger partial charge in [-0.2, -0.15) is 0 Å². The number of likely N-dealkylation sites (N-methyl/N-ethyl adjacent to an activating group) is 1. The molecule has 0 saturated heterocycles. The molecule has 0 radical (unpaired) electrons. The monoisotopic (exact) mass is 426 g/mol. The van der Waals surface area contributed by atoms with Crippen LogP contribution in [0.15, 0.2) is 90.6 Å². The molecule has 0 N–H and O–H groups in total. The Morgan fingerprint density at radius 1 is 0.812 bits per heavy atom. The zero-order valence-corrected chi connectivity index (χ0v) is 18.3. The number of hydrogen-bond donors (Lipinski definition) is 0. The molecule has 0 bridgehead atoms. The molecule has 5 heteroatoms. The van der Waals surface area contributed by atoms with E-state index in [0.29, 0.717) is 42.4 Å². The molecule has 0 saturated carbocycles. The summed E-state index contributed by atoms with van der Waals surface area (Å²) < 4.78 is 5.59.